The molecule has 2 N–H and O–H groups in total. The lowest BCUT2D eigenvalue weighted by atomic mass is 9.86. The zero-order valence-electron chi connectivity index (χ0n) is 23.9. The summed E-state index contributed by atoms with van der Waals surface area (Å²) in [6, 6.07) is 25.3. The van der Waals surface area contributed by atoms with Crippen molar-refractivity contribution >= 4 is 47.0 Å². The molecule has 0 bridgehead atoms. The van der Waals surface area contributed by atoms with Gasteiger partial charge in [-0.15, -0.1) is 0 Å². The van der Waals surface area contributed by atoms with Crippen molar-refractivity contribution in [1.82, 2.24) is 0 Å². The first-order valence-electron chi connectivity index (χ1n) is 13.8. The number of halogens is 1. The summed E-state index contributed by atoms with van der Waals surface area (Å²) in [5.74, 6) is 0.578. The highest BCUT2D eigenvalue weighted by Crippen LogP contribution is 2.54. The standard InChI is InChI=1S/C36H28ClNO5S/c1-42-31-19-22(8-16-28(31)39)7-11-25-21-34-38(27-5-3-4-6-33(27)44-34)36(24-12-14-26(37)15-13-24)35(25)30(41)18-10-23-9-17-29(40)32(20-23)43-2/h3-21,36,39-40H,1-2H3/b11-7+,18-10+. The van der Waals surface area contributed by atoms with Gasteiger partial charge in [-0.3, -0.25) is 4.79 Å². The Morgan fingerprint density at radius 1 is 0.841 bits per heavy atom. The van der Waals surface area contributed by atoms with E-state index in [1.165, 1.54) is 20.3 Å². The van der Waals surface area contributed by atoms with Crippen LogP contribution in [0.4, 0.5) is 5.69 Å². The first-order chi connectivity index (χ1) is 21.4. The minimum absolute atomic E-state index is 0.0231. The number of hydrogen-bond donors (Lipinski definition) is 2. The second kappa shape index (κ2) is 12.4. The Kier molecular flexibility index (Phi) is 8.24. The molecule has 0 radical (unpaired) electrons. The molecule has 0 fully saturated rings. The first-order valence-corrected chi connectivity index (χ1v) is 15.0. The number of carbonyl (C=O) groups excluding carboxylic acids is 1. The molecule has 2 aliphatic rings. The van der Waals surface area contributed by atoms with Crippen LogP contribution in [0.5, 0.6) is 23.0 Å². The maximum absolute atomic E-state index is 14.3. The zero-order chi connectivity index (χ0) is 30.8. The van der Waals surface area contributed by atoms with Crippen molar-refractivity contribution in [1.29, 1.82) is 0 Å². The summed E-state index contributed by atoms with van der Waals surface area (Å²) in [5, 5.41) is 21.7. The smallest absolute Gasteiger partial charge is 0.184 e. The van der Waals surface area contributed by atoms with Gasteiger partial charge in [-0.05, 0) is 82.9 Å². The summed E-state index contributed by atoms with van der Waals surface area (Å²) in [4.78, 5) is 17.6. The number of rotatable bonds is 8. The summed E-state index contributed by atoms with van der Waals surface area (Å²) in [6.45, 7) is 0. The third-order valence-electron chi connectivity index (χ3n) is 7.44. The fraction of sp³-hybridized carbons (Fsp3) is 0.0833. The molecule has 4 aromatic carbocycles. The van der Waals surface area contributed by atoms with Crippen molar-refractivity contribution in [3.05, 3.63) is 141 Å². The van der Waals surface area contributed by atoms with Gasteiger partial charge in [-0.1, -0.05) is 78.0 Å². The Labute approximate surface area is 264 Å². The van der Waals surface area contributed by atoms with E-state index in [-0.39, 0.29) is 17.3 Å². The molecule has 44 heavy (non-hydrogen) atoms. The number of allylic oxidation sites excluding steroid dienone is 4. The fourth-order valence-electron chi connectivity index (χ4n) is 5.31. The van der Waals surface area contributed by atoms with Crippen LogP contribution in [0.15, 0.2) is 124 Å². The molecule has 6 rings (SSSR count). The number of anilines is 1. The second-order valence-electron chi connectivity index (χ2n) is 10.1. The number of phenols is 2. The predicted octanol–water partition coefficient (Wildman–Crippen LogP) is 8.57. The molecule has 2 heterocycles. The van der Waals surface area contributed by atoms with Crippen molar-refractivity contribution in [3.63, 3.8) is 0 Å². The molecule has 1 atom stereocenters. The molecule has 0 saturated carbocycles. The quantitative estimate of drug-likeness (QED) is 0.191. The summed E-state index contributed by atoms with van der Waals surface area (Å²) in [7, 11) is 2.99. The molecule has 4 aromatic rings. The average Bonchev–Trinajstić information content (AvgIpc) is 3.41. The number of nitrogens with zero attached hydrogens (tertiary/aromatic N) is 1. The number of para-hydroxylation sites is 1. The Hall–Kier alpha value is -4.85. The van der Waals surface area contributed by atoms with Crippen molar-refractivity contribution < 1.29 is 24.5 Å². The third kappa shape index (κ3) is 5.72. The minimum Gasteiger partial charge on any atom is -0.504 e. The van der Waals surface area contributed by atoms with Gasteiger partial charge in [0.25, 0.3) is 0 Å². The minimum atomic E-state index is -0.441. The van der Waals surface area contributed by atoms with Crippen molar-refractivity contribution in [2.75, 3.05) is 19.1 Å². The van der Waals surface area contributed by atoms with Crippen LogP contribution in [0.25, 0.3) is 12.2 Å². The van der Waals surface area contributed by atoms with Gasteiger partial charge in [0.2, 0.25) is 0 Å². The van der Waals surface area contributed by atoms with E-state index >= 15 is 0 Å². The van der Waals surface area contributed by atoms with E-state index in [0.717, 1.165) is 32.3 Å². The van der Waals surface area contributed by atoms with Crippen LogP contribution >= 0.6 is 23.4 Å². The molecule has 1 unspecified atom stereocenters. The average molecular weight is 622 g/mol. The van der Waals surface area contributed by atoms with E-state index in [4.69, 9.17) is 21.1 Å². The molecule has 0 saturated heterocycles. The van der Waals surface area contributed by atoms with Gasteiger partial charge in [0.1, 0.15) is 0 Å². The predicted molar refractivity (Wildman–Crippen MR) is 176 cm³/mol. The van der Waals surface area contributed by atoms with Gasteiger partial charge >= 0.3 is 0 Å². The monoisotopic (exact) mass is 621 g/mol. The lowest BCUT2D eigenvalue weighted by Crippen LogP contribution is -2.32. The molecule has 0 aromatic heterocycles. The van der Waals surface area contributed by atoms with Gasteiger partial charge in [-0.2, -0.15) is 0 Å². The van der Waals surface area contributed by atoms with E-state index in [2.05, 4.69) is 17.0 Å². The van der Waals surface area contributed by atoms with Crippen LogP contribution in [-0.2, 0) is 4.79 Å². The van der Waals surface area contributed by atoms with E-state index in [9.17, 15) is 15.0 Å². The largest absolute Gasteiger partial charge is 0.504 e. The van der Waals surface area contributed by atoms with Gasteiger partial charge in [0.15, 0.2) is 28.8 Å². The number of phenolic OH excluding ortho intramolecular Hbond substituents is 2. The number of aromatic hydroxyl groups is 2. The number of benzene rings is 4. The van der Waals surface area contributed by atoms with Crippen LogP contribution < -0.4 is 14.4 Å². The molecule has 220 valence electrons. The van der Waals surface area contributed by atoms with Crippen molar-refractivity contribution in [2.24, 2.45) is 0 Å². The fourth-order valence-corrected chi connectivity index (χ4v) is 6.56. The number of methoxy groups -OCH3 is 2. The Morgan fingerprint density at radius 2 is 1.48 bits per heavy atom. The Bertz CT molecular complexity index is 1880. The molecular weight excluding hydrogens is 594 g/mol. The van der Waals surface area contributed by atoms with E-state index < -0.39 is 6.04 Å². The highest BCUT2D eigenvalue weighted by atomic mass is 35.5. The maximum atomic E-state index is 14.3. The summed E-state index contributed by atoms with van der Waals surface area (Å²) >= 11 is 7.95. The molecule has 6 nitrogen and oxygen atoms in total. The summed E-state index contributed by atoms with van der Waals surface area (Å²) < 4.78 is 10.5. The van der Waals surface area contributed by atoms with Gasteiger partial charge in [-0.25, -0.2) is 0 Å². The topological polar surface area (TPSA) is 79.2 Å². The Balaban J connectivity index is 1.51. The highest BCUT2D eigenvalue weighted by molar-refractivity contribution is 8.03. The van der Waals surface area contributed by atoms with Crippen LogP contribution in [0.1, 0.15) is 22.7 Å². The number of carbonyl (C=O) groups is 1. The molecule has 0 aliphatic carbocycles. The van der Waals surface area contributed by atoms with E-state index in [1.807, 2.05) is 54.6 Å². The lowest BCUT2D eigenvalue weighted by molar-refractivity contribution is -0.111. The number of ketones is 1. The lowest BCUT2D eigenvalue weighted by Gasteiger charge is -2.36. The number of thioether (sulfide) groups is 1. The van der Waals surface area contributed by atoms with E-state index in [0.29, 0.717) is 27.7 Å². The van der Waals surface area contributed by atoms with Gasteiger partial charge in [0, 0.05) is 15.5 Å². The maximum Gasteiger partial charge on any atom is 0.184 e. The summed E-state index contributed by atoms with van der Waals surface area (Å²) in [5.41, 5.74) is 4.78. The van der Waals surface area contributed by atoms with Crippen LogP contribution in [0.2, 0.25) is 5.02 Å². The summed E-state index contributed by atoms with van der Waals surface area (Å²) in [6.07, 6.45) is 9.13. The van der Waals surface area contributed by atoms with Crippen LogP contribution in [-0.4, -0.2) is 30.2 Å². The number of hydrogen-bond acceptors (Lipinski definition) is 7. The van der Waals surface area contributed by atoms with Crippen LogP contribution in [0, 0.1) is 0 Å². The molecule has 8 heteroatoms. The SMILES string of the molecule is COc1cc(/C=C/C(=O)C2=C(/C=C/c3ccc(O)c(OC)c3)C=C3Sc4ccccc4N3C2c2ccc(Cl)cc2)ccc1O. The molecule has 2 aliphatic heterocycles. The molecular formula is C36H28ClNO5S. The number of ether oxygens (including phenoxy) is 2. The van der Waals surface area contributed by atoms with Gasteiger partial charge in [0.05, 0.1) is 31.0 Å². The van der Waals surface area contributed by atoms with Crippen LogP contribution in [0.3, 0.4) is 0 Å². The highest BCUT2D eigenvalue weighted by Gasteiger charge is 2.39. The first kappa shape index (κ1) is 29.2. The Morgan fingerprint density at radius 3 is 2.14 bits per heavy atom. The normalized spacial score (nSPS) is 15.8. The zero-order valence-corrected chi connectivity index (χ0v) is 25.5. The number of fused-ring (bicyclic) bond motifs is 3. The molecule has 0 amide bonds. The van der Waals surface area contributed by atoms with Crippen molar-refractivity contribution in [2.45, 2.75) is 10.9 Å². The van der Waals surface area contributed by atoms with Crippen molar-refractivity contribution in [3.8, 4) is 23.0 Å². The second-order valence-corrected chi connectivity index (χ2v) is 11.6. The van der Waals surface area contributed by atoms with E-state index in [1.54, 1.807) is 54.2 Å². The molecule has 0 spiro atoms. The third-order valence-corrected chi connectivity index (χ3v) is 8.78. The van der Waals surface area contributed by atoms with Gasteiger partial charge < -0.3 is 24.6 Å².